The van der Waals surface area contributed by atoms with Crippen molar-refractivity contribution in [2.45, 2.75) is 13.5 Å². The molecule has 3 aromatic rings. The first-order chi connectivity index (χ1) is 12.5. The standard InChI is InChI=1S/C19H17FN4O2/c1-12-10-17(23-16-9-5-3-7-14(16)18(25)26)24-19(22-12)21-11-13-6-2-4-8-15(13)20/h2-10H,11H2,1H3,(H,25,26)(H2,21,22,23,24). The molecule has 132 valence electrons. The molecule has 2 aromatic carbocycles. The van der Waals surface area contributed by atoms with Gasteiger partial charge in [-0.05, 0) is 25.1 Å². The summed E-state index contributed by atoms with van der Waals surface area (Å²) in [4.78, 5) is 19.9. The molecule has 0 unspecified atom stereocenters. The topological polar surface area (TPSA) is 87.1 Å². The van der Waals surface area contributed by atoms with E-state index < -0.39 is 5.97 Å². The monoisotopic (exact) mass is 352 g/mol. The number of nitrogens with one attached hydrogen (secondary N) is 2. The zero-order valence-electron chi connectivity index (χ0n) is 14.0. The lowest BCUT2D eigenvalue weighted by atomic mass is 10.2. The Labute approximate surface area is 149 Å². The molecule has 0 amide bonds. The molecule has 0 bridgehead atoms. The van der Waals surface area contributed by atoms with Crippen LogP contribution in [-0.4, -0.2) is 21.0 Å². The number of nitrogens with zero attached hydrogens (tertiary/aromatic N) is 2. The molecule has 26 heavy (non-hydrogen) atoms. The van der Waals surface area contributed by atoms with Gasteiger partial charge in [-0.15, -0.1) is 0 Å². The van der Waals surface area contributed by atoms with Gasteiger partial charge in [0.25, 0.3) is 0 Å². The maximum Gasteiger partial charge on any atom is 0.337 e. The molecule has 7 heteroatoms. The fourth-order valence-electron chi connectivity index (χ4n) is 2.44. The SMILES string of the molecule is Cc1cc(Nc2ccccc2C(=O)O)nc(NCc2ccccc2F)n1. The second-order valence-corrected chi connectivity index (χ2v) is 5.64. The molecule has 0 atom stereocenters. The summed E-state index contributed by atoms with van der Waals surface area (Å²) in [5.74, 6) is -0.566. The Balaban J connectivity index is 1.80. The Morgan fingerprint density at radius 3 is 2.62 bits per heavy atom. The molecule has 0 aliphatic heterocycles. The Morgan fingerprint density at radius 1 is 1.12 bits per heavy atom. The maximum atomic E-state index is 13.7. The molecule has 0 saturated carbocycles. The number of carbonyl (C=O) groups is 1. The number of aromatic carboxylic acids is 1. The van der Waals surface area contributed by atoms with Gasteiger partial charge >= 0.3 is 5.97 Å². The number of halogens is 1. The average Bonchev–Trinajstić information content (AvgIpc) is 2.61. The quantitative estimate of drug-likeness (QED) is 0.622. The number of anilines is 3. The summed E-state index contributed by atoms with van der Waals surface area (Å²) in [7, 11) is 0. The van der Waals surface area contributed by atoms with E-state index >= 15 is 0 Å². The summed E-state index contributed by atoms with van der Waals surface area (Å²) in [6.07, 6.45) is 0. The van der Waals surface area contributed by atoms with Gasteiger partial charge in [0.1, 0.15) is 11.6 Å². The van der Waals surface area contributed by atoms with E-state index in [0.29, 0.717) is 28.7 Å². The molecule has 0 fully saturated rings. The summed E-state index contributed by atoms with van der Waals surface area (Å²) in [6.45, 7) is 2.03. The first-order valence-corrected chi connectivity index (χ1v) is 7.95. The third kappa shape index (κ3) is 4.13. The van der Waals surface area contributed by atoms with Crippen molar-refractivity contribution in [2.24, 2.45) is 0 Å². The van der Waals surface area contributed by atoms with E-state index in [2.05, 4.69) is 20.6 Å². The molecule has 0 radical (unpaired) electrons. The van der Waals surface area contributed by atoms with E-state index in [1.54, 1.807) is 49.4 Å². The number of carboxylic acid groups (broad SMARTS) is 1. The molecular weight excluding hydrogens is 335 g/mol. The number of carboxylic acids is 1. The number of aryl methyl sites for hydroxylation is 1. The van der Waals surface area contributed by atoms with Crippen molar-refractivity contribution in [1.29, 1.82) is 0 Å². The zero-order valence-corrected chi connectivity index (χ0v) is 14.0. The van der Waals surface area contributed by atoms with Crippen molar-refractivity contribution < 1.29 is 14.3 Å². The Bertz CT molecular complexity index is 946. The lowest BCUT2D eigenvalue weighted by Crippen LogP contribution is -2.08. The van der Waals surface area contributed by atoms with E-state index in [-0.39, 0.29) is 17.9 Å². The molecule has 0 spiro atoms. The highest BCUT2D eigenvalue weighted by atomic mass is 19.1. The summed E-state index contributed by atoms with van der Waals surface area (Å²) < 4.78 is 13.7. The van der Waals surface area contributed by atoms with Gasteiger partial charge in [0, 0.05) is 23.9 Å². The maximum absolute atomic E-state index is 13.7. The summed E-state index contributed by atoms with van der Waals surface area (Å²) in [5.41, 5.74) is 1.76. The lowest BCUT2D eigenvalue weighted by molar-refractivity contribution is 0.0698. The van der Waals surface area contributed by atoms with Crippen molar-refractivity contribution >= 4 is 23.4 Å². The number of benzene rings is 2. The van der Waals surface area contributed by atoms with E-state index in [0.717, 1.165) is 0 Å². The highest BCUT2D eigenvalue weighted by Crippen LogP contribution is 2.21. The van der Waals surface area contributed by atoms with Crippen LogP contribution in [0, 0.1) is 12.7 Å². The first-order valence-electron chi connectivity index (χ1n) is 7.95. The van der Waals surface area contributed by atoms with Crippen LogP contribution in [-0.2, 0) is 6.54 Å². The second-order valence-electron chi connectivity index (χ2n) is 5.64. The number of rotatable bonds is 6. The third-order valence-electron chi connectivity index (χ3n) is 3.67. The van der Waals surface area contributed by atoms with Gasteiger partial charge in [-0.3, -0.25) is 0 Å². The fraction of sp³-hybridized carbons (Fsp3) is 0.105. The Hall–Kier alpha value is -3.48. The smallest absolute Gasteiger partial charge is 0.337 e. The minimum Gasteiger partial charge on any atom is -0.478 e. The molecule has 6 nitrogen and oxygen atoms in total. The molecule has 1 aromatic heterocycles. The molecular formula is C19H17FN4O2. The molecule has 1 heterocycles. The number of hydrogen-bond donors (Lipinski definition) is 3. The van der Waals surface area contributed by atoms with Crippen LogP contribution in [0.2, 0.25) is 0 Å². The largest absolute Gasteiger partial charge is 0.478 e. The van der Waals surface area contributed by atoms with Gasteiger partial charge in [0.05, 0.1) is 11.3 Å². The summed E-state index contributed by atoms with van der Waals surface area (Å²) >= 11 is 0. The number of para-hydroxylation sites is 1. The van der Waals surface area contributed by atoms with Gasteiger partial charge in [0.15, 0.2) is 0 Å². The molecule has 0 saturated heterocycles. The molecule has 3 N–H and O–H groups in total. The van der Waals surface area contributed by atoms with Crippen molar-refractivity contribution in [3.63, 3.8) is 0 Å². The summed E-state index contributed by atoms with van der Waals surface area (Å²) in [5, 5.41) is 15.3. The van der Waals surface area contributed by atoms with Crippen LogP contribution in [0.1, 0.15) is 21.6 Å². The van der Waals surface area contributed by atoms with Gasteiger partial charge in [0.2, 0.25) is 5.95 Å². The van der Waals surface area contributed by atoms with Crippen LogP contribution < -0.4 is 10.6 Å². The van der Waals surface area contributed by atoms with E-state index in [9.17, 15) is 14.3 Å². The van der Waals surface area contributed by atoms with Gasteiger partial charge in [-0.2, -0.15) is 4.98 Å². The highest BCUT2D eigenvalue weighted by molar-refractivity contribution is 5.95. The average molecular weight is 352 g/mol. The van der Waals surface area contributed by atoms with Crippen LogP contribution in [0.5, 0.6) is 0 Å². The van der Waals surface area contributed by atoms with Crippen molar-refractivity contribution in [2.75, 3.05) is 10.6 Å². The van der Waals surface area contributed by atoms with Crippen molar-refractivity contribution in [1.82, 2.24) is 9.97 Å². The molecule has 0 aliphatic carbocycles. The zero-order chi connectivity index (χ0) is 18.5. The predicted octanol–water partition coefficient (Wildman–Crippen LogP) is 3.98. The van der Waals surface area contributed by atoms with E-state index in [1.165, 1.54) is 12.1 Å². The number of hydrogen-bond acceptors (Lipinski definition) is 5. The van der Waals surface area contributed by atoms with Crippen LogP contribution >= 0.6 is 0 Å². The Morgan fingerprint density at radius 2 is 1.85 bits per heavy atom. The van der Waals surface area contributed by atoms with Crippen molar-refractivity contribution in [3.05, 3.63) is 77.2 Å². The van der Waals surface area contributed by atoms with Crippen LogP contribution in [0.3, 0.4) is 0 Å². The Kier molecular flexibility index (Phi) is 5.07. The summed E-state index contributed by atoms with van der Waals surface area (Å²) in [6, 6.07) is 14.7. The van der Waals surface area contributed by atoms with Gasteiger partial charge in [-0.25, -0.2) is 14.2 Å². The van der Waals surface area contributed by atoms with Gasteiger partial charge in [-0.1, -0.05) is 30.3 Å². The molecule has 0 aliphatic rings. The van der Waals surface area contributed by atoms with Crippen LogP contribution in [0.15, 0.2) is 54.6 Å². The van der Waals surface area contributed by atoms with Gasteiger partial charge < -0.3 is 15.7 Å². The van der Waals surface area contributed by atoms with Crippen LogP contribution in [0.25, 0.3) is 0 Å². The highest BCUT2D eigenvalue weighted by Gasteiger charge is 2.11. The minimum absolute atomic E-state index is 0.143. The first kappa shape index (κ1) is 17.3. The fourth-order valence-corrected chi connectivity index (χ4v) is 2.44. The predicted molar refractivity (Wildman–Crippen MR) is 97.2 cm³/mol. The molecule has 3 rings (SSSR count). The number of aromatic nitrogens is 2. The lowest BCUT2D eigenvalue weighted by Gasteiger charge is -2.12. The second kappa shape index (κ2) is 7.60. The van der Waals surface area contributed by atoms with Crippen molar-refractivity contribution in [3.8, 4) is 0 Å². The third-order valence-corrected chi connectivity index (χ3v) is 3.67. The minimum atomic E-state index is -1.03. The van der Waals surface area contributed by atoms with E-state index in [1.807, 2.05) is 0 Å². The van der Waals surface area contributed by atoms with E-state index in [4.69, 9.17) is 0 Å². The van der Waals surface area contributed by atoms with Crippen LogP contribution in [0.4, 0.5) is 21.8 Å². The normalized spacial score (nSPS) is 10.4.